The first kappa shape index (κ1) is 13.3. The summed E-state index contributed by atoms with van der Waals surface area (Å²) >= 11 is 0. The lowest BCUT2D eigenvalue weighted by atomic mass is 9.91. The first-order valence-electron chi connectivity index (χ1n) is 6.99. The van der Waals surface area contributed by atoms with E-state index in [1.54, 1.807) is 0 Å². The average molecular weight is 248 g/mol. The minimum Gasteiger partial charge on any atom is -0.367 e. The predicted octanol–water partition coefficient (Wildman–Crippen LogP) is 2.29. The van der Waals surface area contributed by atoms with Gasteiger partial charge >= 0.3 is 0 Å². The van der Waals surface area contributed by atoms with Crippen molar-refractivity contribution < 1.29 is 0 Å². The van der Waals surface area contributed by atoms with Gasteiger partial charge in [-0.05, 0) is 46.1 Å². The molecule has 4 nitrogen and oxygen atoms in total. The minimum absolute atomic E-state index is 0.564. The molecule has 1 aromatic heterocycles. The molecule has 0 atom stereocenters. The third-order valence-electron chi connectivity index (χ3n) is 3.74. The summed E-state index contributed by atoms with van der Waals surface area (Å²) < 4.78 is 0. The Kier molecular flexibility index (Phi) is 4.53. The van der Waals surface area contributed by atoms with Gasteiger partial charge in [-0.2, -0.15) is 0 Å². The van der Waals surface area contributed by atoms with Crippen molar-refractivity contribution in [1.29, 1.82) is 0 Å². The van der Waals surface area contributed by atoms with Gasteiger partial charge in [0.05, 0.1) is 0 Å². The highest BCUT2D eigenvalue weighted by molar-refractivity contribution is 5.37. The Bertz CT molecular complexity index is 383. The van der Waals surface area contributed by atoms with E-state index in [9.17, 15) is 0 Å². The fourth-order valence-corrected chi connectivity index (χ4v) is 2.62. The van der Waals surface area contributed by atoms with Gasteiger partial charge in [0.15, 0.2) is 0 Å². The molecule has 4 heteroatoms. The van der Waals surface area contributed by atoms with E-state index >= 15 is 0 Å². The smallest absolute Gasteiger partial charge is 0.130 e. The third kappa shape index (κ3) is 3.42. The summed E-state index contributed by atoms with van der Waals surface area (Å²) in [6, 6.07) is 3.34. The molecule has 100 valence electrons. The largest absolute Gasteiger partial charge is 0.367 e. The maximum atomic E-state index is 4.48. The Morgan fingerprint density at radius 3 is 2.44 bits per heavy atom. The molecule has 0 aliphatic heterocycles. The van der Waals surface area contributed by atoms with Gasteiger partial charge in [0.2, 0.25) is 0 Å². The van der Waals surface area contributed by atoms with Gasteiger partial charge in [0.1, 0.15) is 11.6 Å². The van der Waals surface area contributed by atoms with Crippen LogP contribution in [0.4, 0.5) is 5.82 Å². The first-order chi connectivity index (χ1) is 8.71. The lowest BCUT2D eigenvalue weighted by Crippen LogP contribution is -2.35. The van der Waals surface area contributed by atoms with Crippen molar-refractivity contribution >= 4 is 5.82 Å². The molecule has 0 aromatic carbocycles. The van der Waals surface area contributed by atoms with Crippen molar-refractivity contribution in [1.82, 2.24) is 15.3 Å². The number of hydrogen-bond acceptors (Lipinski definition) is 4. The van der Waals surface area contributed by atoms with Gasteiger partial charge in [-0.25, -0.2) is 9.97 Å². The molecule has 2 rings (SSSR count). The summed E-state index contributed by atoms with van der Waals surface area (Å²) in [7, 11) is 2.06. The molecule has 1 aromatic rings. The average Bonchev–Trinajstić information content (AvgIpc) is 2.39. The molecule has 1 saturated carbocycles. The van der Waals surface area contributed by atoms with Crippen molar-refractivity contribution in [3.05, 3.63) is 17.6 Å². The van der Waals surface area contributed by atoms with Gasteiger partial charge in [0, 0.05) is 23.8 Å². The van der Waals surface area contributed by atoms with Crippen LogP contribution in [0, 0.1) is 6.92 Å². The summed E-state index contributed by atoms with van der Waals surface area (Å²) in [4.78, 5) is 8.89. The van der Waals surface area contributed by atoms with Gasteiger partial charge in [-0.15, -0.1) is 0 Å². The fourth-order valence-electron chi connectivity index (χ4n) is 2.62. The van der Waals surface area contributed by atoms with E-state index in [-0.39, 0.29) is 0 Å². The summed E-state index contributed by atoms with van der Waals surface area (Å²) in [5.74, 6) is 1.85. The Hall–Kier alpha value is -1.16. The quantitative estimate of drug-likeness (QED) is 0.858. The minimum atomic E-state index is 0.564. The van der Waals surface area contributed by atoms with Crippen LogP contribution in [0.2, 0.25) is 0 Å². The number of hydrogen-bond donors (Lipinski definition) is 2. The third-order valence-corrected chi connectivity index (χ3v) is 3.74. The van der Waals surface area contributed by atoms with E-state index in [4.69, 9.17) is 0 Å². The van der Waals surface area contributed by atoms with E-state index in [2.05, 4.69) is 40.6 Å². The molecule has 0 saturated heterocycles. The van der Waals surface area contributed by atoms with Crippen molar-refractivity contribution in [2.45, 2.75) is 58.0 Å². The number of aryl methyl sites for hydroxylation is 2. The lowest BCUT2D eigenvalue weighted by Gasteiger charge is -2.29. The zero-order valence-electron chi connectivity index (χ0n) is 11.7. The zero-order chi connectivity index (χ0) is 13.0. The first-order valence-corrected chi connectivity index (χ1v) is 6.99. The molecule has 1 aliphatic rings. The van der Waals surface area contributed by atoms with Crippen molar-refractivity contribution in [2.75, 3.05) is 12.4 Å². The van der Waals surface area contributed by atoms with Crippen LogP contribution >= 0.6 is 0 Å². The molecule has 2 N–H and O–H groups in total. The fraction of sp³-hybridized carbons (Fsp3) is 0.714. The SMILES string of the molecule is CCc1cc(NC2CCC(NC)CC2)nc(C)n1. The Balaban J connectivity index is 1.95. The van der Waals surface area contributed by atoms with Crippen LogP contribution in [-0.4, -0.2) is 29.1 Å². The van der Waals surface area contributed by atoms with Gasteiger partial charge in [-0.1, -0.05) is 6.92 Å². The highest BCUT2D eigenvalue weighted by Crippen LogP contribution is 2.21. The van der Waals surface area contributed by atoms with E-state index in [1.807, 2.05) is 6.92 Å². The predicted molar refractivity (Wildman–Crippen MR) is 74.9 cm³/mol. The molecule has 0 spiro atoms. The second kappa shape index (κ2) is 6.14. The number of rotatable bonds is 4. The monoisotopic (exact) mass is 248 g/mol. The molecule has 1 heterocycles. The normalized spacial score (nSPS) is 23.9. The van der Waals surface area contributed by atoms with Crippen LogP contribution in [0.1, 0.15) is 44.1 Å². The molecular formula is C14H24N4. The zero-order valence-corrected chi connectivity index (χ0v) is 11.7. The van der Waals surface area contributed by atoms with Gasteiger partial charge in [0.25, 0.3) is 0 Å². The highest BCUT2D eigenvalue weighted by Gasteiger charge is 2.20. The summed E-state index contributed by atoms with van der Waals surface area (Å²) in [5.41, 5.74) is 1.12. The Labute approximate surface area is 110 Å². The topological polar surface area (TPSA) is 49.8 Å². The van der Waals surface area contributed by atoms with Crippen LogP contribution < -0.4 is 10.6 Å². The summed E-state index contributed by atoms with van der Waals surface area (Å²) in [6.45, 7) is 4.09. The van der Waals surface area contributed by atoms with Gasteiger partial charge in [-0.3, -0.25) is 0 Å². The second-order valence-electron chi connectivity index (χ2n) is 5.13. The molecule has 0 unspecified atom stereocenters. The molecule has 0 bridgehead atoms. The Morgan fingerprint density at radius 1 is 1.17 bits per heavy atom. The van der Waals surface area contributed by atoms with E-state index in [0.717, 1.165) is 23.8 Å². The molecule has 1 aliphatic carbocycles. The molecule has 1 fully saturated rings. The molecule has 0 amide bonds. The van der Waals surface area contributed by atoms with Gasteiger partial charge < -0.3 is 10.6 Å². The standard InChI is InChI=1S/C14H24N4/c1-4-11-9-14(17-10(2)16-11)18-13-7-5-12(15-3)6-8-13/h9,12-13,15H,4-8H2,1-3H3,(H,16,17,18). The van der Waals surface area contributed by atoms with Crippen molar-refractivity contribution in [3.8, 4) is 0 Å². The van der Waals surface area contributed by atoms with E-state index < -0.39 is 0 Å². The number of nitrogens with zero attached hydrogens (tertiary/aromatic N) is 2. The summed E-state index contributed by atoms with van der Waals surface area (Å²) in [5, 5.41) is 6.92. The lowest BCUT2D eigenvalue weighted by molar-refractivity contribution is 0.371. The van der Waals surface area contributed by atoms with Crippen LogP contribution in [-0.2, 0) is 6.42 Å². The maximum Gasteiger partial charge on any atom is 0.130 e. The van der Waals surface area contributed by atoms with E-state index in [0.29, 0.717) is 12.1 Å². The molecule has 0 radical (unpaired) electrons. The van der Waals surface area contributed by atoms with Crippen LogP contribution in [0.25, 0.3) is 0 Å². The van der Waals surface area contributed by atoms with Crippen LogP contribution in [0.5, 0.6) is 0 Å². The van der Waals surface area contributed by atoms with E-state index in [1.165, 1.54) is 25.7 Å². The number of aromatic nitrogens is 2. The maximum absolute atomic E-state index is 4.48. The summed E-state index contributed by atoms with van der Waals surface area (Å²) in [6.07, 6.45) is 5.90. The number of anilines is 1. The van der Waals surface area contributed by atoms with Crippen molar-refractivity contribution in [3.63, 3.8) is 0 Å². The van der Waals surface area contributed by atoms with Crippen LogP contribution in [0.15, 0.2) is 6.07 Å². The second-order valence-corrected chi connectivity index (χ2v) is 5.13. The molecular weight excluding hydrogens is 224 g/mol. The highest BCUT2D eigenvalue weighted by atomic mass is 15.1. The Morgan fingerprint density at radius 2 is 1.83 bits per heavy atom. The van der Waals surface area contributed by atoms with Crippen molar-refractivity contribution in [2.24, 2.45) is 0 Å². The van der Waals surface area contributed by atoms with Crippen LogP contribution in [0.3, 0.4) is 0 Å². The molecule has 18 heavy (non-hydrogen) atoms. The number of nitrogens with one attached hydrogen (secondary N) is 2.